The van der Waals surface area contributed by atoms with Crippen LogP contribution in [0, 0.1) is 15.9 Å². The van der Waals surface area contributed by atoms with Gasteiger partial charge in [0.25, 0.3) is 5.69 Å². The quantitative estimate of drug-likeness (QED) is 0.574. The minimum absolute atomic E-state index is 0.128. The number of hydrogen-bond donors (Lipinski definition) is 0. The minimum Gasteiger partial charge on any atom is -0.296 e. The average Bonchev–Trinajstić information content (AvgIpc) is 3.36. The summed E-state index contributed by atoms with van der Waals surface area (Å²) in [5.41, 5.74) is 2.06. The van der Waals surface area contributed by atoms with E-state index in [1.54, 1.807) is 24.3 Å². The molecule has 0 radical (unpaired) electrons. The van der Waals surface area contributed by atoms with E-state index in [1.165, 1.54) is 12.1 Å². The highest BCUT2D eigenvalue weighted by atomic mass is 19.1. The molecule has 4 nitrogen and oxygen atoms in total. The van der Waals surface area contributed by atoms with Gasteiger partial charge in [-0.3, -0.25) is 15.0 Å². The fraction of sp³-hybridized carbons (Fsp3) is 0.333. The molecule has 0 saturated heterocycles. The second-order valence-electron chi connectivity index (χ2n) is 6.01. The van der Waals surface area contributed by atoms with E-state index in [2.05, 4.69) is 4.90 Å². The third kappa shape index (κ3) is 4.36. The van der Waals surface area contributed by atoms with Crippen LogP contribution in [-0.2, 0) is 13.0 Å². The molecule has 1 aliphatic rings. The van der Waals surface area contributed by atoms with Crippen molar-refractivity contribution < 1.29 is 9.31 Å². The molecular formula is C18H19FN2O2. The Morgan fingerprint density at radius 3 is 2.57 bits per heavy atom. The summed E-state index contributed by atoms with van der Waals surface area (Å²) in [5, 5.41) is 10.9. The Labute approximate surface area is 134 Å². The fourth-order valence-corrected chi connectivity index (χ4v) is 2.80. The third-order valence-corrected chi connectivity index (χ3v) is 4.15. The van der Waals surface area contributed by atoms with Crippen LogP contribution in [0.25, 0.3) is 0 Å². The zero-order valence-corrected chi connectivity index (χ0v) is 12.8. The van der Waals surface area contributed by atoms with E-state index in [4.69, 9.17) is 0 Å². The monoisotopic (exact) mass is 314 g/mol. The molecule has 0 atom stereocenters. The number of benzene rings is 2. The number of non-ortho nitro benzene ring substituents is 1. The van der Waals surface area contributed by atoms with Gasteiger partial charge in [-0.05, 0) is 42.5 Å². The maximum Gasteiger partial charge on any atom is 0.269 e. The molecule has 2 aromatic carbocycles. The number of nitro benzene ring substituents is 1. The van der Waals surface area contributed by atoms with Gasteiger partial charge in [-0.1, -0.05) is 24.3 Å². The summed E-state index contributed by atoms with van der Waals surface area (Å²) in [4.78, 5) is 12.9. The van der Waals surface area contributed by atoms with Crippen LogP contribution in [0.2, 0.25) is 0 Å². The SMILES string of the molecule is O=[N+]([O-])c1cccc(CN(CCc2cccc(F)c2)C2CC2)c1. The van der Waals surface area contributed by atoms with Crippen LogP contribution in [-0.4, -0.2) is 22.4 Å². The Balaban J connectivity index is 1.65. The minimum atomic E-state index is -0.363. The highest BCUT2D eigenvalue weighted by molar-refractivity contribution is 5.34. The van der Waals surface area contributed by atoms with Crippen molar-refractivity contribution >= 4 is 5.69 Å². The van der Waals surface area contributed by atoms with Crippen molar-refractivity contribution in [2.45, 2.75) is 31.8 Å². The summed E-state index contributed by atoms with van der Waals surface area (Å²) < 4.78 is 13.3. The standard InChI is InChI=1S/C18H19FN2O2/c19-16-5-1-3-14(11-16)9-10-20(17-7-8-17)13-15-4-2-6-18(12-15)21(22)23/h1-6,11-12,17H,7-10,13H2. The Morgan fingerprint density at radius 1 is 1.13 bits per heavy atom. The number of nitrogens with zero attached hydrogens (tertiary/aromatic N) is 2. The predicted molar refractivity (Wildman–Crippen MR) is 86.6 cm³/mol. The molecule has 23 heavy (non-hydrogen) atoms. The summed E-state index contributed by atoms with van der Waals surface area (Å²) in [6.45, 7) is 1.53. The maximum absolute atomic E-state index is 13.3. The van der Waals surface area contributed by atoms with Crippen LogP contribution in [0.1, 0.15) is 24.0 Å². The molecule has 0 aliphatic heterocycles. The van der Waals surface area contributed by atoms with Gasteiger partial charge in [0.15, 0.2) is 0 Å². The van der Waals surface area contributed by atoms with Crippen LogP contribution < -0.4 is 0 Å². The molecule has 0 N–H and O–H groups in total. The first kappa shape index (κ1) is 15.6. The normalized spacial score (nSPS) is 14.2. The third-order valence-electron chi connectivity index (χ3n) is 4.15. The van der Waals surface area contributed by atoms with Crippen molar-refractivity contribution in [2.24, 2.45) is 0 Å². The molecule has 120 valence electrons. The van der Waals surface area contributed by atoms with Crippen LogP contribution in [0.5, 0.6) is 0 Å². The van der Waals surface area contributed by atoms with Gasteiger partial charge >= 0.3 is 0 Å². The van der Waals surface area contributed by atoms with E-state index in [-0.39, 0.29) is 16.4 Å². The summed E-state index contributed by atoms with van der Waals surface area (Å²) in [6.07, 6.45) is 3.11. The second kappa shape index (κ2) is 6.87. The summed E-state index contributed by atoms with van der Waals surface area (Å²) in [7, 11) is 0. The molecule has 0 bridgehead atoms. The van der Waals surface area contributed by atoms with Crippen molar-refractivity contribution in [3.8, 4) is 0 Å². The molecule has 1 aliphatic carbocycles. The van der Waals surface area contributed by atoms with E-state index in [0.29, 0.717) is 12.6 Å². The summed E-state index contributed by atoms with van der Waals surface area (Å²) in [6, 6.07) is 14.0. The van der Waals surface area contributed by atoms with E-state index in [0.717, 1.165) is 36.9 Å². The smallest absolute Gasteiger partial charge is 0.269 e. The summed E-state index contributed by atoms with van der Waals surface area (Å²) in [5.74, 6) is -0.209. The molecule has 1 fully saturated rings. The van der Waals surface area contributed by atoms with Gasteiger partial charge in [-0.25, -0.2) is 4.39 Å². The highest BCUT2D eigenvalue weighted by Crippen LogP contribution is 2.29. The van der Waals surface area contributed by atoms with Gasteiger partial charge < -0.3 is 0 Å². The van der Waals surface area contributed by atoms with E-state index in [9.17, 15) is 14.5 Å². The largest absolute Gasteiger partial charge is 0.296 e. The number of hydrogen-bond acceptors (Lipinski definition) is 3. The van der Waals surface area contributed by atoms with Gasteiger partial charge in [0, 0.05) is 31.3 Å². The zero-order valence-electron chi connectivity index (χ0n) is 12.8. The first-order chi connectivity index (χ1) is 11.1. The van der Waals surface area contributed by atoms with Crippen molar-refractivity contribution in [2.75, 3.05) is 6.54 Å². The van der Waals surface area contributed by atoms with Gasteiger partial charge in [0.1, 0.15) is 5.82 Å². The molecule has 2 aromatic rings. The maximum atomic E-state index is 13.3. The number of halogens is 1. The highest BCUT2D eigenvalue weighted by Gasteiger charge is 2.28. The van der Waals surface area contributed by atoms with Gasteiger partial charge in [-0.15, -0.1) is 0 Å². The number of nitro groups is 1. The predicted octanol–water partition coefficient (Wildman–Crippen LogP) is 3.94. The molecule has 5 heteroatoms. The number of rotatable bonds is 7. The Kier molecular flexibility index (Phi) is 4.67. The first-order valence-corrected chi connectivity index (χ1v) is 7.83. The van der Waals surface area contributed by atoms with Crippen LogP contribution >= 0.6 is 0 Å². The van der Waals surface area contributed by atoms with Crippen LogP contribution in [0.15, 0.2) is 48.5 Å². The van der Waals surface area contributed by atoms with Crippen LogP contribution in [0.3, 0.4) is 0 Å². The molecule has 0 heterocycles. The molecule has 3 rings (SSSR count). The lowest BCUT2D eigenvalue weighted by molar-refractivity contribution is -0.384. The van der Waals surface area contributed by atoms with E-state index in [1.807, 2.05) is 12.1 Å². The molecular weight excluding hydrogens is 295 g/mol. The van der Waals surface area contributed by atoms with Crippen LogP contribution in [0.4, 0.5) is 10.1 Å². The summed E-state index contributed by atoms with van der Waals surface area (Å²) >= 11 is 0. The van der Waals surface area contributed by atoms with Crippen molar-refractivity contribution in [1.82, 2.24) is 4.90 Å². The zero-order chi connectivity index (χ0) is 16.2. The van der Waals surface area contributed by atoms with Gasteiger partial charge in [0.05, 0.1) is 4.92 Å². The Bertz CT molecular complexity index is 701. The lowest BCUT2D eigenvalue weighted by Gasteiger charge is -2.22. The second-order valence-corrected chi connectivity index (χ2v) is 6.01. The topological polar surface area (TPSA) is 46.4 Å². The lowest BCUT2D eigenvalue weighted by Crippen LogP contribution is -2.28. The first-order valence-electron chi connectivity index (χ1n) is 7.83. The fourth-order valence-electron chi connectivity index (χ4n) is 2.80. The molecule has 0 amide bonds. The van der Waals surface area contributed by atoms with Crippen molar-refractivity contribution in [3.05, 3.63) is 75.6 Å². The average molecular weight is 314 g/mol. The Hall–Kier alpha value is -2.27. The van der Waals surface area contributed by atoms with E-state index < -0.39 is 0 Å². The molecule has 0 aromatic heterocycles. The lowest BCUT2D eigenvalue weighted by atomic mass is 10.1. The molecule has 1 saturated carbocycles. The molecule has 0 unspecified atom stereocenters. The van der Waals surface area contributed by atoms with Gasteiger partial charge in [-0.2, -0.15) is 0 Å². The molecule has 0 spiro atoms. The van der Waals surface area contributed by atoms with Crippen molar-refractivity contribution in [1.29, 1.82) is 0 Å². The van der Waals surface area contributed by atoms with E-state index >= 15 is 0 Å². The van der Waals surface area contributed by atoms with Crippen molar-refractivity contribution in [3.63, 3.8) is 0 Å². The van der Waals surface area contributed by atoms with Gasteiger partial charge in [0.2, 0.25) is 0 Å². The Morgan fingerprint density at radius 2 is 1.87 bits per heavy atom.